The first-order valence-electron chi connectivity index (χ1n) is 7.65. The molecule has 0 spiro atoms. The summed E-state index contributed by atoms with van der Waals surface area (Å²) in [5.41, 5.74) is 2.06. The molecule has 1 aromatic rings. The van der Waals surface area contributed by atoms with E-state index in [2.05, 4.69) is 15.6 Å². The Bertz CT molecular complexity index is 694. The Morgan fingerprint density at radius 1 is 1.30 bits per heavy atom. The van der Waals surface area contributed by atoms with E-state index in [1.165, 1.54) is 0 Å². The molecule has 3 rings (SSSR count). The summed E-state index contributed by atoms with van der Waals surface area (Å²) in [6.45, 7) is 4.12. The van der Waals surface area contributed by atoms with Gasteiger partial charge in [0.1, 0.15) is 18.4 Å². The van der Waals surface area contributed by atoms with Crippen molar-refractivity contribution in [1.29, 1.82) is 0 Å². The number of esters is 1. The van der Waals surface area contributed by atoms with Gasteiger partial charge in [0.25, 0.3) is 0 Å². The van der Waals surface area contributed by atoms with E-state index in [1.807, 2.05) is 37.3 Å². The van der Waals surface area contributed by atoms with Crippen molar-refractivity contribution < 1.29 is 14.3 Å². The molecule has 0 aliphatic carbocycles. The number of fused-ring (bicyclic) bond motifs is 1. The number of benzene rings is 1. The third kappa shape index (κ3) is 2.72. The Labute approximate surface area is 134 Å². The van der Waals surface area contributed by atoms with Crippen molar-refractivity contribution in [3.63, 3.8) is 0 Å². The van der Waals surface area contributed by atoms with Crippen molar-refractivity contribution in [3.8, 4) is 0 Å². The first-order valence-corrected chi connectivity index (χ1v) is 7.65. The number of aliphatic imine (C=N–C) groups is 1. The number of allylic oxidation sites excluding steroid dienone is 1. The van der Waals surface area contributed by atoms with E-state index in [-0.39, 0.29) is 19.2 Å². The van der Waals surface area contributed by atoms with Crippen LogP contribution >= 0.6 is 0 Å². The first-order chi connectivity index (χ1) is 11.1. The topological polar surface area (TPSA) is 79.8 Å². The molecule has 1 amide bonds. The number of ether oxygens (including phenoxy) is 1. The highest BCUT2D eigenvalue weighted by atomic mass is 16.5. The van der Waals surface area contributed by atoms with E-state index in [0.29, 0.717) is 17.1 Å². The molecule has 6 nitrogen and oxygen atoms in total. The number of amidine groups is 1. The molecule has 2 aliphatic heterocycles. The van der Waals surface area contributed by atoms with Crippen LogP contribution in [0, 0.1) is 5.92 Å². The molecule has 2 unspecified atom stereocenters. The number of nitrogens with zero attached hydrogens (tertiary/aromatic N) is 1. The summed E-state index contributed by atoms with van der Waals surface area (Å²) < 4.78 is 5.21. The number of carbonyl (C=O) groups excluding carboxylic acids is 2. The smallest absolute Gasteiger partial charge is 0.336 e. The number of carbonyl (C=O) groups is 2. The highest BCUT2D eigenvalue weighted by Crippen LogP contribution is 2.38. The van der Waals surface area contributed by atoms with Crippen LogP contribution in [0.4, 0.5) is 0 Å². The molecule has 0 bridgehead atoms. The van der Waals surface area contributed by atoms with E-state index in [9.17, 15) is 9.59 Å². The van der Waals surface area contributed by atoms with Gasteiger partial charge in [0.2, 0.25) is 5.91 Å². The van der Waals surface area contributed by atoms with Gasteiger partial charge in [-0.1, -0.05) is 30.3 Å². The van der Waals surface area contributed by atoms with E-state index >= 15 is 0 Å². The number of hydrogen-bond donors (Lipinski definition) is 2. The lowest BCUT2D eigenvalue weighted by Gasteiger charge is -2.36. The average molecular weight is 313 g/mol. The van der Waals surface area contributed by atoms with E-state index in [1.54, 1.807) is 6.92 Å². The lowest BCUT2D eigenvalue weighted by molar-refractivity contribution is -0.139. The molecule has 120 valence electrons. The van der Waals surface area contributed by atoms with E-state index in [4.69, 9.17) is 4.74 Å². The second-order valence-corrected chi connectivity index (χ2v) is 5.49. The standard InChI is InChI=1S/C17H19N3O3/c1-3-23-17(22)12-10(2)20-15-14(16(21)19-9-18-15)13(12)11-7-5-4-6-8-11/h4-8,13-14H,3,9H2,1-2H3,(H,18,20)(H,19,21). The number of hydrogen-bond acceptors (Lipinski definition) is 5. The van der Waals surface area contributed by atoms with Crippen molar-refractivity contribution in [2.24, 2.45) is 10.9 Å². The zero-order chi connectivity index (χ0) is 16.4. The molecular formula is C17H19N3O3. The SMILES string of the molecule is CCOC(=O)C1=C(C)NC2=NCNC(=O)C2C1c1ccccc1. The Kier molecular flexibility index (Phi) is 4.14. The summed E-state index contributed by atoms with van der Waals surface area (Å²) in [5.74, 6) is -0.882. The lowest BCUT2D eigenvalue weighted by Crippen LogP contribution is -2.52. The molecule has 0 saturated carbocycles. The molecule has 6 heteroatoms. The van der Waals surface area contributed by atoms with Crippen LogP contribution < -0.4 is 10.6 Å². The summed E-state index contributed by atoms with van der Waals surface area (Å²) in [6, 6.07) is 9.53. The van der Waals surface area contributed by atoms with Crippen LogP contribution in [0.5, 0.6) is 0 Å². The maximum absolute atomic E-state index is 12.5. The quantitative estimate of drug-likeness (QED) is 0.825. The summed E-state index contributed by atoms with van der Waals surface area (Å²) in [4.78, 5) is 29.3. The third-order valence-corrected chi connectivity index (χ3v) is 4.10. The van der Waals surface area contributed by atoms with Gasteiger partial charge >= 0.3 is 5.97 Å². The van der Waals surface area contributed by atoms with Crippen molar-refractivity contribution in [1.82, 2.24) is 10.6 Å². The molecular weight excluding hydrogens is 294 g/mol. The Morgan fingerprint density at radius 2 is 2.04 bits per heavy atom. The Balaban J connectivity index is 2.14. The van der Waals surface area contributed by atoms with Crippen LogP contribution in [-0.4, -0.2) is 31.0 Å². The second kappa shape index (κ2) is 6.24. The summed E-state index contributed by atoms with van der Waals surface area (Å²) in [5, 5.41) is 5.85. The first kappa shape index (κ1) is 15.3. The molecule has 1 aromatic carbocycles. The zero-order valence-corrected chi connectivity index (χ0v) is 13.1. The van der Waals surface area contributed by atoms with Crippen molar-refractivity contribution in [2.75, 3.05) is 13.3 Å². The minimum atomic E-state index is -0.547. The van der Waals surface area contributed by atoms with Crippen molar-refractivity contribution in [2.45, 2.75) is 19.8 Å². The Morgan fingerprint density at radius 3 is 2.74 bits per heavy atom. The minimum absolute atomic E-state index is 0.134. The monoisotopic (exact) mass is 313 g/mol. The molecule has 2 N–H and O–H groups in total. The molecule has 0 aromatic heterocycles. The third-order valence-electron chi connectivity index (χ3n) is 4.10. The van der Waals surface area contributed by atoms with Gasteiger partial charge in [0, 0.05) is 11.6 Å². The lowest BCUT2D eigenvalue weighted by atomic mass is 9.75. The highest BCUT2D eigenvalue weighted by Gasteiger charge is 2.44. The maximum Gasteiger partial charge on any atom is 0.336 e. The predicted molar refractivity (Wildman–Crippen MR) is 85.6 cm³/mol. The normalized spacial score (nSPS) is 23.4. The minimum Gasteiger partial charge on any atom is -0.463 e. The van der Waals surface area contributed by atoms with Crippen molar-refractivity contribution >= 4 is 17.7 Å². The van der Waals surface area contributed by atoms with Crippen LogP contribution in [-0.2, 0) is 14.3 Å². The van der Waals surface area contributed by atoms with Crippen LogP contribution in [0.1, 0.15) is 25.3 Å². The predicted octanol–water partition coefficient (Wildman–Crippen LogP) is 1.31. The number of nitrogens with one attached hydrogen (secondary N) is 2. The van der Waals surface area contributed by atoms with Crippen molar-refractivity contribution in [3.05, 3.63) is 47.2 Å². The van der Waals surface area contributed by atoms with Gasteiger partial charge in [-0.25, -0.2) is 4.79 Å². The van der Waals surface area contributed by atoms with Gasteiger partial charge in [0.15, 0.2) is 0 Å². The zero-order valence-electron chi connectivity index (χ0n) is 13.1. The number of amides is 1. The molecule has 2 atom stereocenters. The summed E-state index contributed by atoms with van der Waals surface area (Å²) in [6.07, 6.45) is 0. The molecule has 2 heterocycles. The summed E-state index contributed by atoms with van der Waals surface area (Å²) >= 11 is 0. The summed E-state index contributed by atoms with van der Waals surface area (Å²) in [7, 11) is 0. The highest BCUT2D eigenvalue weighted by molar-refractivity contribution is 6.10. The van der Waals surface area contributed by atoms with E-state index < -0.39 is 17.8 Å². The fourth-order valence-electron chi connectivity index (χ4n) is 3.13. The largest absolute Gasteiger partial charge is 0.463 e. The molecule has 0 radical (unpaired) electrons. The van der Waals surface area contributed by atoms with Gasteiger partial charge in [-0.3, -0.25) is 9.79 Å². The van der Waals surface area contributed by atoms with Gasteiger partial charge in [-0.2, -0.15) is 0 Å². The second-order valence-electron chi connectivity index (χ2n) is 5.49. The average Bonchev–Trinajstić information content (AvgIpc) is 2.54. The van der Waals surface area contributed by atoms with Gasteiger partial charge in [0.05, 0.1) is 12.2 Å². The molecule has 23 heavy (non-hydrogen) atoms. The van der Waals surface area contributed by atoms with Gasteiger partial charge in [-0.05, 0) is 19.4 Å². The Hall–Kier alpha value is -2.63. The maximum atomic E-state index is 12.5. The van der Waals surface area contributed by atoms with Crippen LogP contribution in [0.3, 0.4) is 0 Å². The van der Waals surface area contributed by atoms with Crippen LogP contribution in [0.25, 0.3) is 0 Å². The van der Waals surface area contributed by atoms with E-state index in [0.717, 1.165) is 5.56 Å². The molecule has 0 saturated heterocycles. The van der Waals surface area contributed by atoms with Gasteiger partial charge in [-0.15, -0.1) is 0 Å². The van der Waals surface area contributed by atoms with Crippen LogP contribution in [0.15, 0.2) is 46.6 Å². The fraction of sp³-hybridized carbons (Fsp3) is 0.353. The number of rotatable bonds is 3. The molecule has 0 fully saturated rings. The van der Waals surface area contributed by atoms with Gasteiger partial charge < -0.3 is 15.4 Å². The molecule has 2 aliphatic rings. The fourth-order valence-corrected chi connectivity index (χ4v) is 3.13. The van der Waals surface area contributed by atoms with Crippen LogP contribution in [0.2, 0.25) is 0 Å².